The highest BCUT2D eigenvalue weighted by molar-refractivity contribution is 6.30. The molecule has 0 aromatic heterocycles. The molecule has 9 atom stereocenters. The second kappa shape index (κ2) is 12.0. The van der Waals surface area contributed by atoms with Crippen LogP contribution in [0, 0.1) is 0 Å². The molecule has 2 saturated heterocycles. The second-order valence-corrected chi connectivity index (χ2v) is 10.4. The first-order chi connectivity index (χ1) is 17.6. The van der Waals surface area contributed by atoms with Gasteiger partial charge >= 0.3 is 0 Å². The summed E-state index contributed by atoms with van der Waals surface area (Å²) in [6.07, 6.45) is -7.72. The van der Waals surface area contributed by atoms with Crippen LogP contribution in [0.5, 0.6) is 0 Å². The van der Waals surface area contributed by atoms with Crippen molar-refractivity contribution in [2.45, 2.75) is 81.6 Å². The Bertz CT molecular complexity index is 1010. The number of halogens is 1. The first-order valence-electron chi connectivity index (χ1n) is 12.4. The summed E-state index contributed by atoms with van der Waals surface area (Å²) in [5, 5.41) is 45.4. The maximum Gasteiger partial charge on any atom is 0.186 e. The molecule has 2 heterocycles. The van der Waals surface area contributed by atoms with Gasteiger partial charge in [-0.25, -0.2) is 0 Å². The molecule has 0 spiro atoms. The molecule has 204 valence electrons. The van der Waals surface area contributed by atoms with Gasteiger partial charge in [-0.2, -0.15) is 0 Å². The summed E-state index contributed by atoms with van der Waals surface area (Å²) in [4.78, 5) is 0. The van der Waals surface area contributed by atoms with E-state index >= 15 is 0 Å². The van der Waals surface area contributed by atoms with E-state index in [-0.39, 0.29) is 6.42 Å². The molecule has 37 heavy (non-hydrogen) atoms. The standard InChI is InChI=1S/C27H36ClNO8/c1-15-25(33)27(2,29-13-16-4-6-17(7-5-16)18-8-10-19(28)11-9-18)12-21(35-15)37-24-23(32)22(31)20(14-30)36-26(24)34-3/h4-11,15,20-26,29-33H,12-14H2,1-3H3/t15-,20+,21-,22+,23-,24+,25+,26+,27-/m0/s1. The maximum atomic E-state index is 11.0. The Kier molecular flexibility index (Phi) is 9.24. The fraction of sp³-hybridized carbons (Fsp3) is 0.556. The van der Waals surface area contributed by atoms with Crippen LogP contribution in [0.3, 0.4) is 0 Å². The van der Waals surface area contributed by atoms with E-state index in [0.717, 1.165) is 16.7 Å². The van der Waals surface area contributed by atoms with E-state index in [1.54, 1.807) is 6.92 Å². The minimum atomic E-state index is -1.36. The van der Waals surface area contributed by atoms with Gasteiger partial charge in [0.2, 0.25) is 0 Å². The molecule has 10 heteroatoms. The summed E-state index contributed by atoms with van der Waals surface area (Å²) in [5.41, 5.74) is 2.41. The van der Waals surface area contributed by atoms with Crippen LogP contribution in [0.15, 0.2) is 48.5 Å². The topological polar surface area (TPSA) is 130 Å². The van der Waals surface area contributed by atoms with E-state index in [1.165, 1.54) is 7.11 Å². The van der Waals surface area contributed by atoms with Gasteiger partial charge in [-0.05, 0) is 42.7 Å². The summed E-state index contributed by atoms with van der Waals surface area (Å²) in [6.45, 7) is 3.67. The number of ether oxygens (including phenoxy) is 4. The van der Waals surface area contributed by atoms with Gasteiger partial charge in [0.1, 0.15) is 24.4 Å². The predicted molar refractivity (Wildman–Crippen MR) is 137 cm³/mol. The lowest BCUT2D eigenvalue weighted by molar-refractivity contribution is -0.344. The molecule has 2 aliphatic heterocycles. The minimum Gasteiger partial charge on any atom is -0.394 e. The second-order valence-electron chi connectivity index (χ2n) is 9.94. The summed E-state index contributed by atoms with van der Waals surface area (Å²) >= 11 is 5.99. The largest absolute Gasteiger partial charge is 0.394 e. The van der Waals surface area contributed by atoms with Crippen molar-refractivity contribution >= 4 is 11.6 Å². The lowest BCUT2D eigenvalue weighted by Gasteiger charge is -2.48. The highest BCUT2D eigenvalue weighted by atomic mass is 35.5. The number of rotatable bonds is 8. The van der Waals surface area contributed by atoms with Crippen LogP contribution < -0.4 is 5.32 Å². The lowest BCUT2D eigenvalue weighted by atomic mass is 9.84. The summed E-state index contributed by atoms with van der Waals surface area (Å²) < 4.78 is 22.7. The van der Waals surface area contributed by atoms with Gasteiger partial charge in [0, 0.05) is 30.6 Å². The highest BCUT2D eigenvalue weighted by Crippen LogP contribution is 2.33. The highest BCUT2D eigenvalue weighted by Gasteiger charge is 2.50. The van der Waals surface area contributed by atoms with Gasteiger partial charge in [-0.1, -0.05) is 48.0 Å². The van der Waals surface area contributed by atoms with Gasteiger partial charge in [-0.15, -0.1) is 0 Å². The van der Waals surface area contributed by atoms with E-state index in [0.29, 0.717) is 11.6 Å². The van der Waals surface area contributed by atoms with E-state index in [2.05, 4.69) is 5.32 Å². The van der Waals surface area contributed by atoms with Crippen LogP contribution in [0.2, 0.25) is 5.02 Å². The van der Waals surface area contributed by atoms with Crippen LogP contribution in [0.25, 0.3) is 11.1 Å². The number of aliphatic hydroxyl groups is 4. The van der Waals surface area contributed by atoms with Crippen molar-refractivity contribution in [2.75, 3.05) is 13.7 Å². The number of methoxy groups -OCH3 is 1. The Hall–Kier alpha value is -1.63. The third-order valence-electron chi connectivity index (χ3n) is 7.25. The van der Waals surface area contributed by atoms with Crippen molar-refractivity contribution in [2.24, 2.45) is 0 Å². The number of nitrogens with one attached hydrogen (secondary N) is 1. The van der Waals surface area contributed by atoms with Crippen LogP contribution >= 0.6 is 11.6 Å². The molecule has 2 aliphatic rings. The molecule has 0 aliphatic carbocycles. The van der Waals surface area contributed by atoms with Gasteiger partial charge in [0.05, 0.1) is 18.8 Å². The zero-order valence-electron chi connectivity index (χ0n) is 21.2. The first-order valence-corrected chi connectivity index (χ1v) is 12.8. The van der Waals surface area contributed by atoms with Crippen molar-refractivity contribution in [3.8, 4) is 11.1 Å². The summed E-state index contributed by atoms with van der Waals surface area (Å²) in [7, 11) is 1.39. The molecule has 0 unspecified atom stereocenters. The minimum absolute atomic E-state index is 0.264. The summed E-state index contributed by atoms with van der Waals surface area (Å²) in [5.74, 6) is 0. The Morgan fingerprint density at radius 1 is 1.00 bits per heavy atom. The third-order valence-corrected chi connectivity index (χ3v) is 7.50. The van der Waals surface area contributed by atoms with E-state index < -0.39 is 61.3 Å². The quantitative estimate of drug-likeness (QED) is 0.342. The van der Waals surface area contributed by atoms with Crippen molar-refractivity contribution in [3.63, 3.8) is 0 Å². The molecule has 9 nitrogen and oxygen atoms in total. The average Bonchev–Trinajstić information content (AvgIpc) is 2.90. The number of aliphatic hydroxyl groups excluding tert-OH is 4. The Morgan fingerprint density at radius 3 is 2.22 bits per heavy atom. The molecule has 2 aromatic carbocycles. The van der Waals surface area contributed by atoms with Crippen LogP contribution in [0.1, 0.15) is 25.8 Å². The Labute approximate surface area is 221 Å². The smallest absolute Gasteiger partial charge is 0.186 e. The third kappa shape index (κ3) is 6.34. The number of hydrogen-bond acceptors (Lipinski definition) is 9. The average molecular weight is 538 g/mol. The van der Waals surface area contributed by atoms with Gasteiger partial charge in [0.25, 0.3) is 0 Å². The molecule has 2 fully saturated rings. The molecule has 0 saturated carbocycles. The van der Waals surface area contributed by atoms with Crippen LogP contribution in [-0.4, -0.2) is 88.9 Å². The van der Waals surface area contributed by atoms with Crippen molar-refractivity contribution < 1.29 is 39.4 Å². The van der Waals surface area contributed by atoms with Gasteiger partial charge in [-0.3, -0.25) is 0 Å². The van der Waals surface area contributed by atoms with Gasteiger partial charge in [0.15, 0.2) is 12.6 Å². The van der Waals surface area contributed by atoms with E-state index in [9.17, 15) is 20.4 Å². The SMILES string of the molecule is CO[C@@H]1O[C@H](CO)[C@@H](O)[C@H](O)[C@H]1O[C@H]1C[C@](C)(NCc2ccc(-c3ccc(Cl)cc3)cc2)[C@H](O)[C@H](C)O1. The van der Waals surface area contributed by atoms with Gasteiger partial charge < -0.3 is 44.7 Å². The molecule has 0 amide bonds. The van der Waals surface area contributed by atoms with Crippen LogP contribution in [-0.2, 0) is 25.5 Å². The molecule has 0 radical (unpaired) electrons. The Balaban J connectivity index is 1.41. The zero-order chi connectivity index (χ0) is 26.7. The first kappa shape index (κ1) is 28.4. The molecular formula is C27H36ClNO8. The van der Waals surface area contributed by atoms with Crippen molar-refractivity contribution in [3.05, 3.63) is 59.1 Å². The number of benzene rings is 2. The monoisotopic (exact) mass is 537 g/mol. The zero-order valence-corrected chi connectivity index (χ0v) is 21.9. The van der Waals surface area contributed by atoms with E-state index in [1.807, 2.05) is 55.5 Å². The molecule has 5 N–H and O–H groups in total. The fourth-order valence-electron chi connectivity index (χ4n) is 4.93. The molecule has 0 bridgehead atoms. The molecular weight excluding hydrogens is 502 g/mol. The molecule has 2 aromatic rings. The lowest BCUT2D eigenvalue weighted by Crippen LogP contribution is -2.65. The van der Waals surface area contributed by atoms with Crippen molar-refractivity contribution in [1.82, 2.24) is 5.32 Å². The normalized spacial score (nSPS) is 36.4. The van der Waals surface area contributed by atoms with Crippen molar-refractivity contribution in [1.29, 1.82) is 0 Å². The summed E-state index contributed by atoms with van der Waals surface area (Å²) in [6, 6.07) is 15.8. The maximum absolute atomic E-state index is 11.0. The predicted octanol–water partition coefficient (Wildman–Crippen LogP) is 1.82. The fourth-order valence-corrected chi connectivity index (χ4v) is 5.06. The Morgan fingerprint density at radius 2 is 1.62 bits per heavy atom. The number of hydrogen-bond donors (Lipinski definition) is 5. The van der Waals surface area contributed by atoms with Crippen LogP contribution in [0.4, 0.5) is 0 Å². The van der Waals surface area contributed by atoms with E-state index in [4.69, 9.17) is 30.5 Å². The molecule has 4 rings (SSSR count).